The minimum absolute atomic E-state index is 0.0994. The number of H-pyrrole nitrogens is 1. The Morgan fingerprint density at radius 2 is 1.81 bits per heavy atom. The van der Waals surface area contributed by atoms with Crippen molar-refractivity contribution in [2.45, 2.75) is 6.42 Å². The maximum absolute atomic E-state index is 12.5. The van der Waals surface area contributed by atoms with Crippen LogP contribution < -0.4 is 16.0 Å². The molecule has 0 atom stereocenters. The number of carbonyl (C=O) groups excluding carboxylic acids is 2. The van der Waals surface area contributed by atoms with Crippen molar-refractivity contribution in [1.82, 2.24) is 10.2 Å². The lowest BCUT2D eigenvalue weighted by atomic mass is 10.0. The summed E-state index contributed by atoms with van der Waals surface area (Å²) in [5.74, 6) is -0.591. The van der Waals surface area contributed by atoms with Crippen LogP contribution in [0.5, 0.6) is 0 Å². The molecular formula is C24H23N5O2. The highest BCUT2D eigenvalue weighted by atomic mass is 16.1. The van der Waals surface area contributed by atoms with Gasteiger partial charge in [-0.3, -0.25) is 14.7 Å². The summed E-state index contributed by atoms with van der Waals surface area (Å²) < 4.78 is 0. The Kier molecular flexibility index (Phi) is 5.41. The standard InChI is InChI=1S/C24H23N5O2/c1-29(2)19-9-6-15(7-10-19)12-22(30)26-18-5-3-4-16(13-18)23-20-14-17(24(25)31)8-11-21(20)27-28-23/h3-11,13-14H,12H2,1-2H3,(H2,25,31)(H,26,30)(H,27,28). The molecule has 0 fully saturated rings. The molecule has 4 aromatic rings. The van der Waals surface area contributed by atoms with Gasteiger partial charge in [-0.15, -0.1) is 0 Å². The first-order chi connectivity index (χ1) is 14.9. The zero-order valence-corrected chi connectivity index (χ0v) is 17.3. The molecule has 0 aliphatic rings. The predicted molar refractivity (Wildman–Crippen MR) is 123 cm³/mol. The Bertz CT molecular complexity index is 1260. The molecule has 4 N–H and O–H groups in total. The largest absolute Gasteiger partial charge is 0.378 e. The Morgan fingerprint density at radius 1 is 1.03 bits per heavy atom. The summed E-state index contributed by atoms with van der Waals surface area (Å²) in [4.78, 5) is 26.1. The topological polar surface area (TPSA) is 104 Å². The third-order valence-electron chi connectivity index (χ3n) is 5.08. The second kappa shape index (κ2) is 8.31. The van der Waals surface area contributed by atoms with E-state index in [2.05, 4.69) is 15.5 Å². The number of fused-ring (bicyclic) bond motifs is 1. The number of rotatable bonds is 6. The Labute approximate surface area is 179 Å². The Morgan fingerprint density at radius 3 is 2.52 bits per heavy atom. The summed E-state index contributed by atoms with van der Waals surface area (Å²) >= 11 is 0. The summed E-state index contributed by atoms with van der Waals surface area (Å²) in [7, 11) is 3.96. The van der Waals surface area contributed by atoms with Gasteiger partial charge in [-0.1, -0.05) is 24.3 Å². The van der Waals surface area contributed by atoms with Gasteiger partial charge >= 0.3 is 0 Å². The number of nitrogens with zero attached hydrogens (tertiary/aromatic N) is 2. The van der Waals surface area contributed by atoms with Gasteiger partial charge in [0.15, 0.2) is 0 Å². The van der Waals surface area contributed by atoms with Crippen LogP contribution in [0, 0.1) is 0 Å². The van der Waals surface area contributed by atoms with Crippen molar-refractivity contribution in [1.29, 1.82) is 0 Å². The normalized spacial score (nSPS) is 10.8. The van der Waals surface area contributed by atoms with Gasteiger partial charge in [-0.05, 0) is 48.0 Å². The molecule has 0 radical (unpaired) electrons. The van der Waals surface area contributed by atoms with Crippen molar-refractivity contribution in [3.8, 4) is 11.3 Å². The van der Waals surface area contributed by atoms with Gasteiger partial charge in [0.25, 0.3) is 0 Å². The third-order valence-corrected chi connectivity index (χ3v) is 5.08. The molecule has 1 aromatic heterocycles. The number of nitrogens with two attached hydrogens (primary N) is 1. The van der Waals surface area contributed by atoms with E-state index in [9.17, 15) is 9.59 Å². The molecular weight excluding hydrogens is 390 g/mol. The maximum atomic E-state index is 12.5. The van der Waals surface area contributed by atoms with Gasteiger partial charge in [0, 0.05) is 42.0 Å². The third kappa shape index (κ3) is 4.40. The van der Waals surface area contributed by atoms with E-state index in [-0.39, 0.29) is 12.3 Å². The number of hydrogen-bond acceptors (Lipinski definition) is 4. The molecule has 3 aromatic carbocycles. The molecule has 0 saturated carbocycles. The lowest BCUT2D eigenvalue weighted by Crippen LogP contribution is -2.14. The van der Waals surface area contributed by atoms with Crippen LogP contribution in [-0.4, -0.2) is 36.1 Å². The van der Waals surface area contributed by atoms with E-state index in [4.69, 9.17) is 5.73 Å². The molecule has 2 amide bonds. The summed E-state index contributed by atoms with van der Waals surface area (Å²) in [5.41, 5.74) is 10.8. The zero-order valence-electron chi connectivity index (χ0n) is 17.3. The van der Waals surface area contributed by atoms with Crippen LogP contribution >= 0.6 is 0 Å². The highest BCUT2D eigenvalue weighted by Crippen LogP contribution is 2.29. The fourth-order valence-corrected chi connectivity index (χ4v) is 3.43. The predicted octanol–water partition coefficient (Wildman–Crippen LogP) is 3.58. The van der Waals surface area contributed by atoms with Gasteiger partial charge < -0.3 is 16.0 Å². The van der Waals surface area contributed by atoms with Crippen LogP contribution in [0.4, 0.5) is 11.4 Å². The summed E-state index contributed by atoms with van der Waals surface area (Å²) in [5, 5.41) is 11.1. The van der Waals surface area contributed by atoms with Crippen LogP contribution in [0.1, 0.15) is 15.9 Å². The van der Waals surface area contributed by atoms with Crippen molar-refractivity contribution in [2.24, 2.45) is 5.73 Å². The highest BCUT2D eigenvalue weighted by Gasteiger charge is 2.12. The number of aromatic nitrogens is 2. The molecule has 0 bridgehead atoms. The number of primary amides is 1. The number of nitrogens with one attached hydrogen (secondary N) is 2. The monoisotopic (exact) mass is 413 g/mol. The van der Waals surface area contributed by atoms with Gasteiger partial charge in [0.05, 0.1) is 17.6 Å². The van der Waals surface area contributed by atoms with Crippen LogP contribution in [0.25, 0.3) is 22.2 Å². The van der Waals surface area contributed by atoms with Gasteiger partial charge in [0.2, 0.25) is 11.8 Å². The molecule has 7 nitrogen and oxygen atoms in total. The van der Waals surface area contributed by atoms with Gasteiger partial charge in [-0.25, -0.2) is 0 Å². The quantitative estimate of drug-likeness (QED) is 0.449. The fraction of sp³-hybridized carbons (Fsp3) is 0.125. The van der Waals surface area contributed by atoms with E-state index in [0.717, 1.165) is 27.7 Å². The van der Waals surface area contributed by atoms with Gasteiger partial charge in [0.1, 0.15) is 0 Å². The number of amides is 2. The van der Waals surface area contributed by atoms with Crippen LogP contribution in [-0.2, 0) is 11.2 Å². The van der Waals surface area contributed by atoms with Gasteiger partial charge in [-0.2, -0.15) is 5.10 Å². The SMILES string of the molecule is CN(C)c1ccc(CC(=O)Nc2cccc(-c3n[nH]c4ccc(C(N)=O)cc34)c2)cc1. The number of benzene rings is 3. The second-order valence-corrected chi connectivity index (χ2v) is 7.56. The minimum Gasteiger partial charge on any atom is -0.378 e. The molecule has 0 aliphatic carbocycles. The minimum atomic E-state index is -0.492. The first kappa shape index (κ1) is 20.2. The van der Waals surface area contributed by atoms with Crippen molar-refractivity contribution in [3.63, 3.8) is 0 Å². The Hall–Kier alpha value is -4.13. The van der Waals surface area contributed by atoms with Crippen molar-refractivity contribution >= 4 is 34.1 Å². The maximum Gasteiger partial charge on any atom is 0.248 e. The summed E-state index contributed by atoms with van der Waals surface area (Å²) in [6, 6.07) is 20.5. The first-order valence-corrected chi connectivity index (χ1v) is 9.85. The van der Waals surface area contributed by atoms with E-state index < -0.39 is 5.91 Å². The molecule has 156 valence electrons. The fourth-order valence-electron chi connectivity index (χ4n) is 3.43. The number of aromatic amines is 1. The lowest BCUT2D eigenvalue weighted by Gasteiger charge is -2.12. The van der Waals surface area contributed by atoms with Crippen molar-refractivity contribution < 1.29 is 9.59 Å². The van der Waals surface area contributed by atoms with Crippen molar-refractivity contribution in [3.05, 3.63) is 77.9 Å². The number of hydrogen-bond donors (Lipinski definition) is 3. The van der Waals surface area contributed by atoms with E-state index in [0.29, 0.717) is 16.9 Å². The van der Waals surface area contributed by atoms with Crippen molar-refractivity contribution in [2.75, 3.05) is 24.3 Å². The molecule has 0 spiro atoms. The molecule has 4 rings (SSSR count). The van der Waals surface area contributed by atoms with E-state index in [1.807, 2.05) is 67.5 Å². The highest BCUT2D eigenvalue weighted by molar-refractivity contribution is 6.01. The van der Waals surface area contributed by atoms with E-state index in [1.165, 1.54) is 0 Å². The first-order valence-electron chi connectivity index (χ1n) is 9.85. The summed E-state index contributed by atoms with van der Waals surface area (Å²) in [6.45, 7) is 0. The second-order valence-electron chi connectivity index (χ2n) is 7.56. The Balaban J connectivity index is 1.53. The van der Waals surface area contributed by atoms with Crippen LogP contribution in [0.15, 0.2) is 66.7 Å². The van der Waals surface area contributed by atoms with E-state index in [1.54, 1.807) is 18.2 Å². The molecule has 0 saturated heterocycles. The summed E-state index contributed by atoms with van der Waals surface area (Å²) in [6.07, 6.45) is 0.283. The molecule has 7 heteroatoms. The number of carbonyl (C=O) groups is 2. The van der Waals surface area contributed by atoms with Crippen LogP contribution in [0.2, 0.25) is 0 Å². The average Bonchev–Trinajstić information content (AvgIpc) is 3.17. The lowest BCUT2D eigenvalue weighted by molar-refractivity contribution is -0.115. The molecule has 1 heterocycles. The van der Waals surface area contributed by atoms with E-state index >= 15 is 0 Å². The molecule has 0 unspecified atom stereocenters. The number of anilines is 2. The zero-order chi connectivity index (χ0) is 22.0. The smallest absolute Gasteiger partial charge is 0.248 e. The average molecular weight is 413 g/mol. The van der Waals surface area contributed by atoms with Crippen LogP contribution in [0.3, 0.4) is 0 Å². The molecule has 31 heavy (non-hydrogen) atoms. The molecule has 0 aliphatic heterocycles.